The largest absolute Gasteiger partial charge is 0.478 e. The van der Waals surface area contributed by atoms with Gasteiger partial charge in [0.15, 0.2) is 0 Å². The molecule has 3 heteroatoms. The smallest absolute Gasteiger partial charge is 0.142 e. The van der Waals surface area contributed by atoms with Gasteiger partial charge >= 0.3 is 0 Å². The van der Waals surface area contributed by atoms with Crippen LogP contribution >= 0.6 is 0 Å². The lowest BCUT2D eigenvalue weighted by Gasteiger charge is -2.29. The molecule has 0 amide bonds. The van der Waals surface area contributed by atoms with Gasteiger partial charge in [-0.3, -0.25) is 4.90 Å². The summed E-state index contributed by atoms with van der Waals surface area (Å²) in [6.45, 7) is 7.17. The van der Waals surface area contributed by atoms with E-state index in [0.717, 1.165) is 31.7 Å². The molecule has 3 nitrogen and oxygen atoms in total. The van der Waals surface area contributed by atoms with Gasteiger partial charge in [0.25, 0.3) is 0 Å². The second-order valence-electron chi connectivity index (χ2n) is 5.44. The van der Waals surface area contributed by atoms with E-state index in [1.165, 1.54) is 11.1 Å². The predicted molar refractivity (Wildman–Crippen MR) is 72.6 cm³/mol. The minimum Gasteiger partial charge on any atom is -0.478 e. The summed E-state index contributed by atoms with van der Waals surface area (Å²) in [4.78, 5) is 2.22. The topological polar surface area (TPSA) is 32.7 Å². The van der Waals surface area contributed by atoms with E-state index >= 15 is 0 Å². The molecule has 1 aliphatic heterocycles. The highest BCUT2D eigenvalue weighted by Gasteiger charge is 2.17. The number of rotatable bonds is 5. The van der Waals surface area contributed by atoms with Crippen molar-refractivity contribution in [2.75, 3.05) is 19.9 Å². The Kier molecular flexibility index (Phi) is 4.61. The molecule has 1 heterocycles. The molecular formula is C15H23NO2. The van der Waals surface area contributed by atoms with Gasteiger partial charge in [0.2, 0.25) is 0 Å². The third kappa shape index (κ3) is 3.47. The Morgan fingerprint density at radius 3 is 2.94 bits per heavy atom. The molecular weight excluding hydrogens is 226 g/mol. The van der Waals surface area contributed by atoms with Crippen molar-refractivity contribution in [3.8, 4) is 5.75 Å². The molecule has 1 aliphatic rings. The standard InChI is InChI=1S/C15H23NO2/c1-12(2)8-13-4-5-14-10-16(6-3-7-17)11-18-15(14)9-13/h4-5,9,12,17H,3,6-8,10-11H2,1-2H3. The average Bonchev–Trinajstić information content (AvgIpc) is 2.35. The molecule has 2 rings (SSSR count). The Hall–Kier alpha value is -1.06. The maximum Gasteiger partial charge on any atom is 0.142 e. The minimum atomic E-state index is 0.247. The molecule has 1 N–H and O–H groups in total. The molecule has 1 aromatic rings. The lowest BCUT2D eigenvalue weighted by Crippen LogP contribution is -2.33. The first kappa shape index (κ1) is 13.4. The normalized spacial score (nSPS) is 15.6. The maximum absolute atomic E-state index is 8.84. The number of aliphatic hydroxyl groups is 1. The third-order valence-corrected chi connectivity index (χ3v) is 3.20. The highest BCUT2D eigenvalue weighted by molar-refractivity contribution is 5.38. The number of aliphatic hydroxyl groups excluding tert-OH is 1. The van der Waals surface area contributed by atoms with E-state index in [-0.39, 0.29) is 6.61 Å². The Bertz CT molecular complexity index is 390. The summed E-state index contributed by atoms with van der Waals surface area (Å²) < 4.78 is 5.80. The summed E-state index contributed by atoms with van der Waals surface area (Å²) in [6, 6.07) is 6.56. The van der Waals surface area contributed by atoms with Gasteiger partial charge in [-0.1, -0.05) is 26.0 Å². The van der Waals surface area contributed by atoms with Gasteiger partial charge in [0.05, 0.1) is 0 Å². The van der Waals surface area contributed by atoms with Crippen LogP contribution in [0.15, 0.2) is 18.2 Å². The molecule has 18 heavy (non-hydrogen) atoms. The van der Waals surface area contributed by atoms with Crippen LogP contribution in [-0.2, 0) is 13.0 Å². The van der Waals surface area contributed by atoms with Crippen molar-refractivity contribution in [2.24, 2.45) is 5.92 Å². The van der Waals surface area contributed by atoms with Crippen LogP contribution in [0, 0.1) is 5.92 Å². The fourth-order valence-corrected chi connectivity index (χ4v) is 2.35. The second kappa shape index (κ2) is 6.21. The molecule has 0 aliphatic carbocycles. The van der Waals surface area contributed by atoms with Crippen molar-refractivity contribution in [3.05, 3.63) is 29.3 Å². The van der Waals surface area contributed by atoms with Crippen LogP contribution in [0.25, 0.3) is 0 Å². The van der Waals surface area contributed by atoms with Crippen LogP contribution < -0.4 is 4.74 Å². The second-order valence-corrected chi connectivity index (χ2v) is 5.44. The molecule has 0 saturated heterocycles. The summed E-state index contributed by atoms with van der Waals surface area (Å²) in [6.07, 6.45) is 1.91. The summed E-state index contributed by atoms with van der Waals surface area (Å²) in [5.41, 5.74) is 2.61. The Morgan fingerprint density at radius 2 is 2.22 bits per heavy atom. The van der Waals surface area contributed by atoms with Crippen molar-refractivity contribution in [1.29, 1.82) is 0 Å². The molecule has 0 fully saturated rings. The van der Waals surface area contributed by atoms with Crippen LogP contribution in [0.5, 0.6) is 5.75 Å². The van der Waals surface area contributed by atoms with E-state index in [1.807, 2.05) is 0 Å². The highest BCUT2D eigenvalue weighted by atomic mass is 16.5. The number of nitrogens with zero attached hydrogens (tertiary/aromatic N) is 1. The molecule has 0 spiro atoms. The molecule has 0 bridgehead atoms. The van der Waals surface area contributed by atoms with Gasteiger partial charge in [-0.2, -0.15) is 0 Å². The summed E-state index contributed by atoms with van der Waals surface area (Å²) in [7, 11) is 0. The third-order valence-electron chi connectivity index (χ3n) is 3.20. The zero-order valence-electron chi connectivity index (χ0n) is 11.4. The van der Waals surface area contributed by atoms with Crippen molar-refractivity contribution >= 4 is 0 Å². The van der Waals surface area contributed by atoms with E-state index in [9.17, 15) is 0 Å². The zero-order valence-corrected chi connectivity index (χ0v) is 11.4. The van der Waals surface area contributed by atoms with E-state index in [0.29, 0.717) is 12.6 Å². The van der Waals surface area contributed by atoms with Crippen LogP contribution in [0.2, 0.25) is 0 Å². The number of fused-ring (bicyclic) bond motifs is 1. The number of hydrogen-bond donors (Lipinski definition) is 1. The van der Waals surface area contributed by atoms with Crippen LogP contribution in [0.1, 0.15) is 31.4 Å². The number of hydrogen-bond acceptors (Lipinski definition) is 3. The summed E-state index contributed by atoms with van der Waals surface area (Å²) in [5.74, 6) is 1.71. The number of ether oxygens (including phenoxy) is 1. The molecule has 1 aromatic carbocycles. The van der Waals surface area contributed by atoms with Crippen LogP contribution in [0.4, 0.5) is 0 Å². The van der Waals surface area contributed by atoms with E-state index < -0.39 is 0 Å². The van der Waals surface area contributed by atoms with Gasteiger partial charge in [0.1, 0.15) is 12.5 Å². The summed E-state index contributed by atoms with van der Waals surface area (Å²) in [5, 5.41) is 8.84. The minimum absolute atomic E-state index is 0.247. The van der Waals surface area contributed by atoms with Gasteiger partial charge in [-0.15, -0.1) is 0 Å². The fourth-order valence-electron chi connectivity index (χ4n) is 2.35. The SMILES string of the molecule is CC(C)Cc1ccc2c(c1)OCN(CCCO)C2. The molecule has 100 valence electrons. The maximum atomic E-state index is 8.84. The predicted octanol–water partition coefficient (Wildman–Crippen LogP) is 2.42. The molecule has 0 atom stereocenters. The zero-order chi connectivity index (χ0) is 13.0. The Morgan fingerprint density at radius 1 is 1.39 bits per heavy atom. The molecule has 0 radical (unpaired) electrons. The van der Waals surface area contributed by atoms with Crippen LogP contribution in [-0.4, -0.2) is 29.9 Å². The van der Waals surface area contributed by atoms with E-state index in [2.05, 4.69) is 36.9 Å². The fraction of sp³-hybridized carbons (Fsp3) is 0.600. The highest BCUT2D eigenvalue weighted by Crippen LogP contribution is 2.27. The van der Waals surface area contributed by atoms with Gasteiger partial charge in [0, 0.05) is 25.3 Å². The summed E-state index contributed by atoms with van der Waals surface area (Å²) >= 11 is 0. The van der Waals surface area contributed by atoms with Crippen molar-refractivity contribution < 1.29 is 9.84 Å². The first-order valence-electron chi connectivity index (χ1n) is 6.77. The molecule has 0 saturated carbocycles. The number of benzene rings is 1. The van der Waals surface area contributed by atoms with Gasteiger partial charge in [-0.25, -0.2) is 0 Å². The van der Waals surface area contributed by atoms with E-state index in [1.54, 1.807) is 0 Å². The lowest BCUT2D eigenvalue weighted by molar-refractivity contribution is 0.0883. The monoisotopic (exact) mass is 249 g/mol. The van der Waals surface area contributed by atoms with Gasteiger partial charge in [-0.05, 0) is 30.4 Å². The quantitative estimate of drug-likeness (QED) is 0.870. The van der Waals surface area contributed by atoms with Crippen molar-refractivity contribution in [3.63, 3.8) is 0 Å². The Labute approximate surface area is 109 Å². The first-order valence-corrected chi connectivity index (χ1v) is 6.77. The molecule has 0 aromatic heterocycles. The lowest BCUT2D eigenvalue weighted by atomic mass is 10.0. The van der Waals surface area contributed by atoms with Crippen LogP contribution in [0.3, 0.4) is 0 Å². The first-order chi connectivity index (χ1) is 8.69. The average molecular weight is 249 g/mol. The van der Waals surface area contributed by atoms with Gasteiger partial charge < -0.3 is 9.84 Å². The van der Waals surface area contributed by atoms with Crippen molar-refractivity contribution in [2.45, 2.75) is 33.2 Å². The van der Waals surface area contributed by atoms with Crippen molar-refractivity contribution in [1.82, 2.24) is 4.90 Å². The van der Waals surface area contributed by atoms with E-state index in [4.69, 9.17) is 9.84 Å². The molecule has 0 unspecified atom stereocenters. The Balaban J connectivity index is 2.01.